The average Bonchev–Trinajstić information content (AvgIpc) is 3.01. The number of likely N-dealkylation sites (tertiary alicyclic amines) is 1. The maximum Gasteiger partial charge on any atom is 0.318 e. The number of halogens is 2. The molecular formula is C31H34Br2N6O3. The second-order valence-electron chi connectivity index (χ2n) is 10.6. The monoisotopic (exact) mass is 696 g/mol. The summed E-state index contributed by atoms with van der Waals surface area (Å²) >= 11 is 7.07. The number of hydrogen-bond acceptors (Lipinski definition) is 5. The van der Waals surface area contributed by atoms with Gasteiger partial charge in [0.1, 0.15) is 6.04 Å². The Hall–Kier alpha value is -3.44. The number of carbonyl (C=O) groups is 3. The summed E-state index contributed by atoms with van der Waals surface area (Å²) in [6.07, 6.45) is 5.22. The molecule has 0 saturated carbocycles. The summed E-state index contributed by atoms with van der Waals surface area (Å²) in [6.45, 7) is 3.56. The molecule has 220 valence electrons. The van der Waals surface area contributed by atoms with Crippen LogP contribution in [-0.2, 0) is 11.2 Å². The minimum absolute atomic E-state index is 0.00473. The van der Waals surface area contributed by atoms with E-state index in [-0.39, 0.29) is 23.9 Å². The number of rotatable bonds is 7. The second-order valence-corrected chi connectivity index (χ2v) is 12.4. The van der Waals surface area contributed by atoms with E-state index in [9.17, 15) is 14.4 Å². The zero-order valence-electron chi connectivity index (χ0n) is 23.2. The van der Waals surface area contributed by atoms with Crippen LogP contribution in [0, 0.1) is 0 Å². The van der Waals surface area contributed by atoms with E-state index in [2.05, 4.69) is 52.4 Å². The van der Waals surface area contributed by atoms with E-state index in [1.54, 1.807) is 29.4 Å². The molecule has 11 heteroatoms. The van der Waals surface area contributed by atoms with Gasteiger partial charge in [0.25, 0.3) is 5.91 Å². The number of benzene rings is 2. The summed E-state index contributed by atoms with van der Waals surface area (Å²) in [7, 11) is 0. The van der Waals surface area contributed by atoms with Gasteiger partial charge in [0.15, 0.2) is 0 Å². The van der Waals surface area contributed by atoms with Crippen LogP contribution >= 0.6 is 31.9 Å². The molecule has 2 fully saturated rings. The minimum Gasteiger partial charge on any atom is -0.368 e. The van der Waals surface area contributed by atoms with E-state index in [0.717, 1.165) is 20.2 Å². The third kappa shape index (κ3) is 7.89. The first kappa shape index (κ1) is 30.0. The number of hydrogen-bond donors (Lipinski definition) is 2. The molecule has 2 aliphatic heterocycles. The fourth-order valence-corrected chi connectivity index (χ4v) is 6.84. The molecule has 2 aromatic carbocycles. The number of pyridine rings is 1. The van der Waals surface area contributed by atoms with Gasteiger partial charge in [-0.05, 0) is 60.9 Å². The van der Waals surface area contributed by atoms with Gasteiger partial charge >= 0.3 is 6.03 Å². The van der Waals surface area contributed by atoms with Crippen molar-refractivity contribution in [1.82, 2.24) is 25.4 Å². The van der Waals surface area contributed by atoms with Gasteiger partial charge in [0.05, 0.1) is 0 Å². The van der Waals surface area contributed by atoms with Crippen molar-refractivity contribution in [1.29, 1.82) is 0 Å². The lowest BCUT2D eigenvalue weighted by Gasteiger charge is -2.38. The molecule has 0 aliphatic carbocycles. The van der Waals surface area contributed by atoms with Crippen LogP contribution in [0.3, 0.4) is 0 Å². The smallest absolute Gasteiger partial charge is 0.318 e. The maximum absolute atomic E-state index is 13.8. The van der Waals surface area contributed by atoms with Crippen molar-refractivity contribution in [2.24, 2.45) is 0 Å². The summed E-state index contributed by atoms with van der Waals surface area (Å²) in [4.78, 5) is 49.8. The summed E-state index contributed by atoms with van der Waals surface area (Å²) in [5.41, 5.74) is 2.65. The Labute approximate surface area is 262 Å². The number of carbonyl (C=O) groups excluding carboxylic acids is 3. The Morgan fingerprint density at radius 2 is 1.48 bits per heavy atom. The number of anilines is 1. The number of piperidine rings is 1. The number of amides is 4. The van der Waals surface area contributed by atoms with Crippen molar-refractivity contribution in [2.75, 3.05) is 44.2 Å². The van der Waals surface area contributed by atoms with E-state index in [1.807, 2.05) is 53.4 Å². The third-order valence-corrected chi connectivity index (χ3v) is 8.65. The van der Waals surface area contributed by atoms with Gasteiger partial charge in [-0.1, -0.05) is 50.1 Å². The molecule has 5 rings (SSSR count). The van der Waals surface area contributed by atoms with Gasteiger partial charge in [-0.25, -0.2) is 4.79 Å². The van der Waals surface area contributed by atoms with E-state index in [1.165, 1.54) is 0 Å². The van der Waals surface area contributed by atoms with E-state index >= 15 is 0 Å². The summed E-state index contributed by atoms with van der Waals surface area (Å²) in [5, 5.41) is 6.13. The van der Waals surface area contributed by atoms with Crippen molar-refractivity contribution in [3.8, 4) is 0 Å². The highest BCUT2D eigenvalue weighted by Crippen LogP contribution is 2.22. The van der Waals surface area contributed by atoms with Gasteiger partial charge < -0.3 is 25.3 Å². The SMILES string of the molecule is O=C(NC1CCN(C(=O)N[C@@H](Cc2cc(Br)cc(Br)c2)C(=O)N2CCN(c3ccncc3)CC2)CC1)c1ccccc1. The molecule has 3 aromatic rings. The number of aromatic nitrogens is 1. The van der Waals surface area contributed by atoms with Crippen molar-refractivity contribution in [3.63, 3.8) is 0 Å². The zero-order chi connectivity index (χ0) is 29.5. The van der Waals surface area contributed by atoms with Crippen LogP contribution in [-0.4, -0.2) is 84.0 Å². The van der Waals surface area contributed by atoms with E-state index < -0.39 is 6.04 Å². The normalized spacial score (nSPS) is 16.6. The molecule has 3 heterocycles. The Balaban J connectivity index is 1.21. The molecule has 0 bridgehead atoms. The molecular weight excluding hydrogens is 664 g/mol. The maximum atomic E-state index is 13.8. The first-order valence-electron chi connectivity index (χ1n) is 14.2. The molecule has 0 unspecified atom stereocenters. The minimum atomic E-state index is -0.707. The van der Waals surface area contributed by atoms with Gasteiger partial charge in [0, 0.05) is 84.3 Å². The van der Waals surface area contributed by atoms with Crippen LogP contribution in [0.1, 0.15) is 28.8 Å². The molecule has 0 spiro atoms. The topological polar surface area (TPSA) is 97.9 Å². The highest BCUT2D eigenvalue weighted by Gasteiger charge is 2.32. The Morgan fingerprint density at radius 3 is 2.12 bits per heavy atom. The van der Waals surface area contributed by atoms with Crippen LogP contribution < -0.4 is 15.5 Å². The molecule has 2 saturated heterocycles. The quantitative estimate of drug-likeness (QED) is 0.380. The lowest BCUT2D eigenvalue weighted by atomic mass is 10.0. The lowest BCUT2D eigenvalue weighted by molar-refractivity contribution is -0.133. The molecule has 0 radical (unpaired) electrons. The fourth-order valence-electron chi connectivity index (χ4n) is 5.45. The predicted molar refractivity (Wildman–Crippen MR) is 169 cm³/mol. The number of urea groups is 1. The Bertz CT molecular complexity index is 1360. The van der Waals surface area contributed by atoms with E-state index in [4.69, 9.17) is 0 Å². The zero-order valence-corrected chi connectivity index (χ0v) is 26.4. The van der Waals surface area contributed by atoms with Crippen molar-refractivity contribution < 1.29 is 14.4 Å². The van der Waals surface area contributed by atoms with Gasteiger partial charge in [-0.2, -0.15) is 0 Å². The molecule has 4 amide bonds. The second kappa shape index (κ2) is 14.2. The predicted octanol–water partition coefficient (Wildman–Crippen LogP) is 4.47. The number of nitrogens with one attached hydrogen (secondary N) is 2. The first-order valence-corrected chi connectivity index (χ1v) is 15.7. The van der Waals surface area contributed by atoms with Crippen molar-refractivity contribution in [2.45, 2.75) is 31.3 Å². The standard InChI is InChI=1S/C31H34Br2N6O3/c32-24-18-22(19-25(33)21-24)20-28(30(41)38-16-14-37(15-17-38)27-6-10-34-11-7-27)36-31(42)39-12-8-26(9-13-39)35-29(40)23-4-2-1-3-5-23/h1-7,10-11,18-19,21,26,28H,8-9,12-17,20H2,(H,35,40)(H,36,42)/t28-/m0/s1. The van der Waals surface area contributed by atoms with Crippen molar-refractivity contribution in [3.05, 3.63) is 93.1 Å². The molecule has 1 aromatic heterocycles. The third-order valence-electron chi connectivity index (χ3n) is 7.73. The Kier molecular flexibility index (Phi) is 10.1. The highest BCUT2D eigenvalue weighted by atomic mass is 79.9. The summed E-state index contributed by atoms with van der Waals surface area (Å²) in [5.74, 6) is -0.188. The van der Waals surface area contributed by atoms with Crippen LogP contribution in [0.15, 0.2) is 82.0 Å². The van der Waals surface area contributed by atoms with Crippen LogP contribution in [0.2, 0.25) is 0 Å². The van der Waals surface area contributed by atoms with Gasteiger partial charge in [-0.3, -0.25) is 14.6 Å². The lowest BCUT2D eigenvalue weighted by Crippen LogP contribution is -2.58. The summed E-state index contributed by atoms with van der Waals surface area (Å²) < 4.78 is 1.80. The molecule has 2 aliphatic rings. The molecule has 1 atom stereocenters. The van der Waals surface area contributed by atoms with Crippen molar-refractivity contribution >= 4 is 55.4 Å². The highest BCUT2D eigenvalue weighted by molar-refractivity contribution is 9.11. The fraction of sp³-hybridized carbons (Fsp3) is 0.355. The van der Waals surface area contributed by atoms with Crippen LogP contribution in [0.5, 0.6) is 0 Å². The average molecular weight is 698 g/mol. The van der Waals surface area contributed by atoms with E-state index in [0.29, 0.717) is 64.1 Å². The molecule has 2 N–H and O–H groups in total. The Morgan fingerprint density at radius 1 is 0.833 bits per heavy atom. The van der Waals surface area contributed by atoms with Crippen LogP contribution in [0.25, 0.3) is 0 Å². The van der Waals surface area contributed by atoms with Gasteiger partial charge in [0.2, 0.25) is 5.91 Å². The first-order chi connectivity index (χ1) is 20.4. The molecule has 9 nitrogen and oxygen atoms in total. The largest absolute Gasteiger partial charge is 0.368 e. The summed E-state index contributed by atoms with van der Waals surface area (Å²) in [6, 6.07) is 18.0. The molecule has 42 heavy (non-hydrogen) atoms. The number of piperazine rings is 1. The number of nitrogens with zero attached hydrogens (tertiary/aromatic N) is 4. The van der Waals surface area contributed by atoms with Gasteiger partial charge in [-0.15, -0.1) is 0 Å². The van der Waals surface area contributed by atoms with Crippen LogP contribution in [0.4, 0.5) is 10.5 Å².